The second-order valence-corrected chi connectivity index (χ2v) is 8.98. The van der Waals surface area contributed by atoms with E-state index in [9.17, 15) is 9.90 Å². The highest BCUT2D eigenvalue weighted by atomic mass is 35.5. The minimum atomic E-state index is -0.742. The molecule has 1 fully saturated rings. The molecule has 4 rings (SSSR count). The number of halogens is 1. The molecule has 2 unspecified atom stereocenters. The van der Waals surface area contributed by atoms with Gasteiger partial charge < -0.3 is 19.3 Å². The van der Waals surface area contributed by atoms with Crippen molar-refractivity contribution < 1.29 is 24.1 Å². The van der Waals surface area contributed by atoms with Crippen LogP contribution in [-0.4, -0.2) is 68.0 Å². The van der Waals surface area contributed by atoms with Crippen LogP contribution in [0, 0.1) is 5.92 Å². The molecule has 1 aliphatic heterocycles. The Hall–Kier alpha value is -2.64. The van der Waals surface area contributed by atoms with Crippen LogP contribution in [0.4, 0.5) is 0 Å². The van der Waals surface area contributed by atoms with Crippen LogP contribution >= 0.6 is 11.6 Å². The summed E-state index contributed by atoms with van der Waals surface area (Å²) in [6.45, 7) is 6.92. The Balaban J connectivity index is 1.55. The van der Waals surface area contributed by atoms with Gasteiger partial charge in [-0.05, 0) is 23.3 Å². The summed E-state index contributed by atoms with van der Waals surface area (Å²) in [5.74, 6) is 0.123. The molecule has 180 valence electrons. The highest BCUT2D eigenvalue weighted by molar-refractivity contribution is 6.32. The SMILES string of the molecule is CC1C(c2ccccc2)=CC=CC1(COc1cc(O)c(C=O)cc1Cl)OCCN1CCOCC1. The molecule has 6 nitrogen and oxygen atoms in total. The quantitative estimate of drug-likeness (QED) is 0.525. The third-order valence-corrected chi connectivity index (χ3v) is 6.80. The highest BCUT2D eigenvalue weighted by Gasteiger charge is 2.40. The number of benzene rings is 2. The largest absolute Gasteiger partial charge is 0.507 e. The first-order valence-electron chi connectivity index (χ1n) is 11.5. The lowest BCUT2D eigenvalue weighted by molar-refractivity contribution is -0.0708. The first-order valence-corrected chi connectivity index (χ1v) is 11.9. The van der Waals surface area contributed by atoms with E-state index in [1.807, 2.05) is 30.4 Å². The molecule has 0 saturated carbocycles. The third kappa shape index (κ3) is 5.53. The zero-order valence-corrected chi connectivity index (χ0v) is 20.0. The summed E-state index contributed by atoms with van der Waals surface area (Å²) in [4.78, 5) is 13.4. The monoisotopic (exact) mass is 483 g/mol. The van der Waals surface area contributed by atoms with E-state index >= 15 is 0 Å². The van der Waals surface area contributed by atoms with Gasteiger partial charge in [0, 0.05) is 31.6 Å². The molecule has 7 heteroatoms. The number of aldehydes is 1. The fourth-order valence-electron chi connectivity index (χ4n) is 4.37. The van der Waals surface area contributed by atoms with Crippen molar-refractivity contribution in [2.24, 2.45) is 5.92 Å². The molecule has 0 amide bonds. The van der Waals surface area contributed by atoms with Gasteiger partial charge in [0.2, 0.25) is 0 Å². The van der Waals surface area contributed by atoms with Gasteiger partial charge in [-0.1, -0.05) is 61.0 Å². The molecule has 1 heterocycles. The molecule has 1 aliphatic carbocycles. The van der Waals surface area contributed by atoms with Gasteiger partial charge in [-0.2, -0.15) is 0 Å². The van der Waals surface area contributed by atoms with E-state index in [-0.39, 0.29) is 28.9 Å². The minimum absolute atomic E-state index is 0.00814. The van der Waals surface area contributed by atoms with Gasteiger partial charge >= 0.3 is 0 Å². The number of hydrogen-bond donors (Lipinski definition) is 1. The van der Waals surface area contributed by atoms with Crippen LogP contribution in [-0.2, 0) is 9.47 Å². The summed E-state index contributed by atoms with van der Waals surface area (Å²) in [6.07, 6.45) is 6.72. The number of allylic oxidation sites excluding steroid dienone is 2. The minimum Gasteiger partial charge on any atom is -0.507 e. The van der Waals surface area contributed by atoms with Crippen molar-refractivity contribution in [2.45, 2.75) is 12.5 Å². The molecule has 0 aromatic heterocycles. The van der Waals surface area contributed by atoms with Crippen molar-refractivity contribution in [3.8, 4) is 11.5 Å². The highest BCUT2D eigenvalue weighted by Crippen LogP contribution is 2.40. The van der Waals surface area contributed by atoms with Gasteiger partial charge in [0.25, 0.3) is 0 Å². The number of hydrogen-bond acceptors (Lipinski definition) is 6. The van der Waals surface area contributed by atoms with Crippen molar-refractivity contribution in [3.05, 3.63) is 76.8 Å². The van der Waals surface area contributed by atoms with Crippen LogP contribution in [0.5, 0.6) is 11.5 Å². The number of ether oxygens (including phenoxy) is 3. The summed E-state index contributed by atoms with van der Waals surface area (Å²) >= 11 is 6.33. The number of phenolic OH excluding ortho intramolecular Hbond substituents is 1. The van der Waals surface area contributed by atoms with Crippen LogP contribution in [0.15, 0.2) is 60.7 Å². The first-order chi connectivity index (χ1) is 16.5. The normalized spacial score (nSPS) is 22.9. The molecule has 0 spiro atoms. The van der Waals surface area contributed by atoms with Crippen LogP contribution in [0.2, 0.25) is 5.02 Å². The van der Waals surface area contributed by atoms with Crippen molar-refractivity contribution in [1.29, 1.82) is 0 Å². The van der Waals surface area contributed by atoms with E-state index in [0.717, 1.165) is 44.0 Å². The zero-order chi connectivity index (χ0) is 24.0. The van der Waals surface area contributed by atoms with Crippen LogP contribution < -0.4 is 4.74 Å². The summed E-state index contributed by atoms with van der Waals surface area (Å²) in [7, 11) is 0. The number of nitrogens with zero attached hydrogens (tertiary/aromatic N) is 1. The molecule has 1 saturated heterocycles. The Morgan fingerprint density at radius 1 is 1.24 bits per heavy atom. The number of rotatable bonds is 9. The third-order valence-electron chi connectivity index (χ3n) is 6.50. The lowest BCUT2D eigenvalue weighted by Gasteiger charge is -2.40. The van der Waals surface area contributed by atoms with E-state index in [0.29, 0.717) is 18.6 Å². The molecule has 2 atom stereocenters. The lowest BCUT2D eigenvalue weighted by Crippen LogP contribution is -2.47. The Kier molecular flexibility index (Phi) is 8.06. The maximum Gasteiger partial charge on any atom is 0.153 e. The maximum atomic E-state index is 11.1. The van der Waals surface area contributed by atoms with Gasteiger partial charge in [0.1, 0.15) is 23.7 Å². The standard InChI is InChI=1S/C27H30ClNO5/c1-20-23(21-6-3-2-4-7-21)8-5-9-27(20,34-15-12-29-10-13-32-14-11-29)19-33-26-17-25(31)22(18-30)16-24(26)28/h2-9,16-18,20,31H,10-15,19H2,1H3. The Morgan fingerprint density at radius 3 is 2.74 bits per heavy atom. The fraction of sp³-hybridized carbons (Fsp3) is 0.370. The average molecular weight is 484 g/mol. The smallest absolute Gasteiger partial charge is 0.153 e. The predicted molar refractivity (Wildman–Crippen MR) is 133 cm³/mol. The molecule has 0 radical (unpaired) electrons. The maximum absolute atomic E-state index is 11.1. The predicted octanol–water partition coefficient (Wildman–Crippen LogP) is 4.61. The Morgan fingerprint density at radius 2 is 2.00 bits per heavy atom. The summed E-state index contributed by atoms with van der Waals surface area (Å²) in [6, 6.07) is 13.0. The number of aromatic hydroxyl groups is 1. The molecule has 1 N–H and O–H groups in total. The van der Waals surface area contributed by atoms with Gasteiger partial charge in [0.05, 0.1) is 30.4 Å². The van der Waals surface area contributed by atoms with E-state index < -0.39 is 5.60 Å². The van der Waals surface area contributed by atoms with Gasteiger partial charge in [-0.25, -0.2) is 0 Å². The van der Waals surface area contributed by atoms with Crippen molar-refractivity contribution in [3.63, 3.8) is 0 Å². The number of phenols is 1. The molecule has 2 aromatic carbocycles. The number of carbonyl (C=O) groups is 1. The molecular formula is C27H30ClNO5. The van der Waals surface area contributed by atoms with Crippen molar-refractivity contribution in [1.82, 2.24) is 4.90 Å². The van der Waals surface area contributed by atoms with E-state index in [1.54, 1.807) is 0 Å². The van der Waals surface area contributed by atoms with Crippen LogP contribution in [0.1, 0.15) is 22.8 Å². The second kappa shape index (κ2) is 11.2. The van der Waals surface area contributed by atoms with E-state index in [1.165, 1.54) is 12.1 Å². The second-order valence-electron chi connectivity index (χ2n) is 8.57. The van der Waals surface area contributed by atoms with Crippen molar-refractivity contribution in [2.75, 3.05) is 46.1 Å². The Labute approximate surface area is 205 Å². The molecular weight excluding hydrogens is 454 g/mol. The number of carbonyl (C=O) groups excluding carboxylic acids is 1. The summed E-state index contributed by atoms with van der Waals surface area (Å²) < 4.78 is 18.1. The van der Waals surface area contributed by atoms with Crippen molar-refractivity contribution >= 4 is 23.5 Å². The molecule has 2 aliphatic rings. The molecule has 0 bridgehead atoms. The fourth-order valence-corrected chi connectivity index (χ4v) is 4.60. The Bertz CT molecular complexity index is 1050. The van der Waals surface area contributed by atoms with Gasteiger partial charge in [-0.15, -0.1) is 0 Å². The zero-order valence-electron chi connectivity index (χ0n) is 19.3. The van der Waals surface area contributed by atoms with Crippen LogP contribution in [0.3, 0.4) is 0 Å². The summed E-state index contributed by atoms with van der Waals surface area (Å²) in [5, 5.41) is 10.4. The van der Waals surface area contributed by atoms with Crippen LogP contribution in [0.25, 0.3) is 5.57 Å². The van der Waals surface area contributed by atoms with Gasteiger partial charge in [-0.3, -0.25) is 9.69 Å². The number of morpholine rings is 1. The topological polar surface area (TPSA) is 68.2 Å². The first kappa shape index (κ1) is 24.5. The molecule has 34 heavy (non-hydrogen) atoms. The summed E-state index contributed by atoms with van der Waals surface area (Å²) in [5.41, 5.74) is 1.66. The van der Waals surface area contributed by atoms with E-state index in [2.05, 4.69) is 30.0 Å². The van der Waals surface area contributed by atoms with Gasteiger partial charge in [0.15, 0.2) is 6.29 Å². The lowest BCUT2D eigenvalue weighted by atomic mass is 9.77. The van der Waals surface area contributed by atoms with E-state index in [4.69, 9.17) is 25.8 Å². The average Bonchev–Trinajstić information content (AvgIpc) is 2.87. The molecule has 2 aromatic rings.